The summed E-state index contributed by atoms with van der Waals surface area (Å²) in [6.07, 6.45) is 0.549. The molecule has 0 aliphatic carbocycles. The molecule has 17 heavy (non-hydrogen) atoms. The minimum absolute atomic E-state index is 0.0673. The van der Waals surface area contributed by atoms with Crippen molar-refractivity contribution in [2.45, 2.75) is 18.8 Å². The number of anilines is 1. The van der Waals surface area contributed by atoms with E-state index in [2.05, 4.69) is 4.74 Å². The first kappa shape index (κ1) is 11.6. The molecule has 1 heterocycles. The molecule has 0 atom stereocenters. The number of esters is 2. The lowest BCUT2D eigenvalue weighted by Crippen LogP contribution is -2.25. The summed E-state index contributed by atoms with van der Waals surface area (Å²) < 4.78 is 4.55. The number of carbonyl (C=O) groups excluding carboxylic acids is 2. The number of hydrogen-bond acceptors (Lipinski definition) is 4. The third-order valence-electron chi connectivity index (χ3n) is 2.91. The van der Waals surface area contributed by atoms with Crippen LogP contribution < -0.4 is 4.90 Å². The number of nitrogens with zero attached hydrogens (tertiary/aromatic N) is 1. The average Bonchev–Trinajstić information content (AvgIpc) is 2.27. The van der Waals surface area contributed by atoms with E-state index in [0.29, 0.717) is 0 Å². The maximum absolute atomic E-state index is 11.3. The Morgan fingerprint density at radius 2 is 1.71 bits per heavy atom. The molecule has 0 spiro atoms. The minimum atomic E-state index is -0.431. The molecule has 0 N–H and O–H groups in total. The van der Waals surface area contributed by atoms with Gasteiger partial charge in [0, 0.05) is 25.7 Å². The maximum Gasteiger partial charge on any atom is 0.314 e. The van der Waals surface area contributed by atoms with Crippen LogP contribution in [0.3, 0.4) is 0 Å². The van der Waals surface area contributed by atoms with Crippen molar-refractivity contribution in [3.05, 3.63) is 29.8 Å². The van der Waals surface area contributed by atoms with Crippen molar-refractivity contribution in [1.29, 1.82) is 0 Å². The van der Waals surface area contributed by atoms with Crippen LogP contribution in [0.25, 0.3) is 0 Å². The van der Waals surface area contributed by atoms with Gasteiger partial charge in [-0.25, -0.2) is 0 Å². The first-order valence-electron chi connectivity index (χ1n) is 5.57. The third kappa shape index (κ3) is 2.46. The van der Waals surface area contributed by atoms with Gasteiger partial charge >= 0.3 is 11.9 Å². The van der Waals surface area contributed by atoms with Crippen LogP contribution in [-0.4, -0.2) is 26.0 Å². The van der Waals surface area contributed by atoms with Crippen LogP contribution in [0.4, 0.5) is 5.69 Å². The molecule has 4 nitrogen and oxygen atoms in total. The molecule has 1 aliphatic rings. The summed E-state index contributed by atoms with van der Waals surface area (Å²) in [7, 11) is 3.89. The molecule has 0 bridgehead atoms. The molecule has 90 valence electrons. The number of hydrogen-bond donors (Lipinski definition) is 0. The van der Waals surface area contributed by atoms with Crippen molar-refractivity contribution in [3.8, 4) is 0 Å². The van der Waals surface area contributed by atoms with Gasteiger partial charge in [0.05, 0.1) is 12.8 Å². The van der Waals surface area contributed by atoms with Crippen molar-refractivity contribution >= 4 is 17.6 Å². The van der Waals surface area contributed by atoms with Crippen LogP contribution in [0.1, 0.15) is 24.3 Å². The van der Waals surface area contributed by atoms with Crippen molar-refractivity contribution in [2.75, 3.05) is 19.0 Å². The molecule has 1 fully saturated rings. The molecule has 0 radical (unpaired) electrons. The second-order valence-corrected chi connectivity index (χ2v) is 4.40. The molecule has 0 saturated carbocycles. The third-order valence-corrected chi connectivity index (χ3v) is 2.91. The van der Waals surface area contributed by atoms with Crippen molar-refractivity contribution in [3.63, 3.8) is 0 Å². The van der Waals surface area contributed by atoms with Gasteiger partial charge in [-0.1, -0.05) is 18.2 Å². The summed E-state index contributed by atoms with van der Waals surface area (Å²) in [6.45, 7) is 0. The van der Waals surface area contributed by atoms with Gasteiger partial charge in [0.15, 0.2) is 0 Å². The van der Waals surface area contributed by atoms with E-state index in [-0.39, 0.29) is 18.8 Å². The van der Waals surface area contributed by atoms with Crippen LogP contribution >= 0.6 is 0 Å². The number of ether oxygens (including phenoxy) is 1. The lowest BCUT2D eigenvalue weighted by Gasteiger charge is -2.25. The van der Waals surface area contributed by atoms with Gasteiger partial charge in [-0.05, 0) is 11.6 Å². The van der Waals surface area contributed by atoms with E-state index in [0.717, 1.165) is 11.3 Å². The van der Waals surface area contributed by atoms with E-state index in [1.165, 1.54) is 0 Å². The largest absolute Gasteiger partial charge is 0.393 e. The maximum atomic E-state index is 11.3. The molecule has 4 heteroatoms. The van der Waals surface area contributed by atoms with Gasteiger partial charge in [-0.3, -0.25) is 9.59 Å². The van der Waals surface area contributed by atoms with Gasteiger partial charge < -0.3 is 9.64 Å². The Kier molecular flexibility index (Phi) is 3.13. The van der Waals surface area contributed by atoms with Gasteiger partial charge in [-0.2, -0.15) is 0 Å². The van der Waals surface area contributed by atoms with E-state index in [1.807, 2.05) is 43.3 Å². The second-order valence-electron chi connectivity index (χ2n) is 4.40. The van der Waals surface area contributed by atoms with Gasteiger partial charge in [0.2, 0.25) is 0 Å². The highest BCUT2D eigenvalue weighted by Crippen LogP contribution is 2.33. The first-order valence-corrected chi connectivity index (χ1v) is 5.57. The summed E-state index contributed by atoms with van der Waals surface area (Å²) in [6, 6.07) is 7.82. The van der Waals surface area contributed by atoms with Crippen molar-refractivity contribution < 1.29 is 14.3 Å². The number of carbonyl (C=O) groups is 2. The molecule has 1 aromatic rings. The monoisotopic (exact) mass is 233 g/mol. The molecule has 2 rings (SSSR count). The fourth-order valence-electron chi connectivity index (χ4n) is 2.14. The standard InChI is InChI=1S/C13H15NO3/c1-14(2)11-6-4-3-5-10(11)9-7-12(15)17-13(16)8-9/h3-6,9H,7-8H2,1-2H3. The Balaban J connectivity index is 2.33. The van der Waals surface area contributed by atoms with E-state index < -0.39 is 11.9 Å². The van der Waals surface area contributed by atoms with Crippen LogP contribution in [0, 0.1) is 0 Å². The molecular weight excluding hydrogens is 218 g/mol. The smallest absolute Gasteiger partial charge is 0.314 e. The second kappa shape index (κ2) is 4.57. The predicted molar refractivity (Wildman–Crippen MR) is 63.8 cm³/mol. The number of para-hydroxylation sites is 1. The Labute approximate surface area is 100 Å². The first-order chi connectivity index (χ1) is 8.08. The zero-order valence-corrected chi connectivity index (χ0v) is 9.97. The highest BCUT2D eigenvalue weighted by molar-refractivity contribution is 5.89. The summed E-state index contributed by atoms with van der Waals surface area (Å²) >= 11 is 0. The number of cyclic esters (lactones) is 2. The van der Waals surface area contributed by atoms with Crippen LogP contribution in [0.15, 0.2) is 24.3 Å². The van der Waals surface area contributed by atoms with Crippen LogP contribution in [-0.2, 0) is 14.3 Å². The normalized spacial score (nSPS) is 16.8. The lowest BCUT2D eigenvalue weighted by atomic mass is 9.89. The average molecular weight is 233 g/mol. The van der Waals surface area contributed by atoms with Crippen LogP contribution in [0.5, 0.6) is 0 Å². The van der Waals surface area contributed by atoms with Crippen molar-refractivity contribution in [2.24, 2.45) is 0 Å². The molecule has 0 amide bonds. The molecule has 1 saturated heterocycles. The van der Waals surface area contributed by atoms with Gasteiger partial charge in [0.25, 0.3) is 0 Å². The predicted octanol–water partition coefficient (Wildman–Crippen LogP) is 1.70. The van der Waals surface area contributed by atoms with Gasteiger partial charge in [-0.15, -0.1) is 0 Å². The van der Waals surface area contributed by atoms with Crippen LogP contribution in [0.2, 0.25) is 0 Å². The van der Waals surface area contributed by atoms with Crippen molar-refractivity contribution in [1.82, 2.24) is 0 Å². The highest BCUT2D eigenvalue weighted by Gasteiger charge is 2.29. The topological polar surface area (TPSA) is 46.6 Å². The van der Waals surface area contributed by atoms with E-state index in [1.54, 1.807) is 0 Å². The number of rotatable bonds is 2. The quantitative estimate of drug-likeness (QED) is 0.576. The summed E-state index contributed by atoms with van der Waals surface area (Å²) in [5.74, 6) is -0.929. The fraction of sp³-hybridized carbons (Fsp3) is 0.385. The summed E-state index contributed by atoms with van der Waals surface area (Å²) in [4.78, 5) is 24.5. The highest BCUT2D eigenvalue weighted by atomic mass is 16.6. The van der Waals surface area contributed by atoms with E-state index in [4.69, 9.17) is 0 Å². The fourth-order valence-corrected chi connectivity index (χ4v) is 2.14. The zero-order chi connectivity index (χ0) is 12.4. The van der Waals surface area contributed by atoms with Gasteiger partial charge in [0.1, 0.15) is 0 Å². The lowest BCUT2D eigenvalue weighted by molar-refractivity contribution is -0.163. The number of benzene rings is 1. The Morgan fingerprint density at radius 3 is 2.29 bits per heavy atom. The van der Waals surface area contributed by atoms with E-state index >= 15 is 0 Å². The Bertz CT molecular complexity index is 438. The summed E-state index contributed by atoms with van der Waals surface area (Å²) in [5, 5.41) is 0. The molecule has 0 unspecified atom stereocenters. The summed E-state index contributed by atoms with van der Waals surface area (Å²) in [5.41, 5.74) is 2.07. The SMILES string of the molecule is CN(C)c1ccccc1C1CC(=O)OC(=O)C1. The molecular formula is C13H15NO3. The molecule has 1 aromatic carbocycles. The Hall–Kier alpha value is -1.84. The Morgan fingerprint density at radius 1 is 1.12 bits per heavy atom. The zero-order valence-electron chi connectivity index (χ0n) is 9.97. The minimum Gasteiger partial charge on any atom is -0.393 e. The van der Waals surface area contributed by atoms with E-state index in [9.17, 15) is 9.59 Å². The molecule has 0 aromatic heterocycles. The molecule has 1 aliphatic heterocycles.